The third kappa shape index (κ3) is 5.69. The maximum Gasteiger partial charge on any atom is 0.416 e. The highest BCUT2D eigenvalue weighted by Gasteiger charge is 2.31. The van der Waals surface area contributed by atoms with E-state index in [1.54, 1.807) is 19.9 Å². The summed E-state index contributed by atoms with van der Waals surface area (Å²) in [6.07, 6.45) is -4.64. The Bertz CT molecular complexity index is 619. The van der Waals surface area contributed by atoms with Crippen LogP contribution in [0.25, 0.3) is 0 Å². The first-order valence-electron chi connectivity index (χ1n) is 7.04. The molecule has 0 radical (unpaired) electrons. The smallest absolute Gasteiger partial charge is 0.416 e. The lowest BCUT2D eigenvalue weighted by molar-refractivity contribution is -0.143. The summed E-state index contributed by atoms with van der Waals surface area (Å²) >= 11 is 0. The van der Waals surface area contributed by atoms with Crippen LogP contribution in [0.2, 0.25) is 0 Å². The topological polar surface area (TPSA) is 86.6 Å². The molecular formula is C16H18F3NO4. The van der Waals surface area contributed by atoms with Gasteiger partial charge in [0.15, 0.2) is 6.10 Å². The Kier molecular flexibility index (Phi) is 6.53. The van der Waals surface area contributed by atoms with Gasteiger partial charge in [0.25, 0.3) is 5.91 Å². The molecule has 0 unspecified atom stereocenters. The van der Waals surface area contributed by atoms with E-state index >= 15 is 0 Å². The van der Waals surface area contributed by atoms with Crippen LogP contribution in [-0.4, -0.2) is 28.1 Å². The lowest BCUT2D eigenvalue weighted by Crippen LogP contribution is -2.42. The second-order valence-corrected chi connectivity index (χ2v) is 5.44. The lowest BCUT2D eigenvalue weighted by atomic mass is 10.1. The summed E-state index contributed by atoms with van der Waals surface area (Å²) in [5.41, 5.74) is -0.114. The molecule has 0 spiro atoms. The van der Waals surface area contributed by atoms with Crippen LogP contribution in [0.15, 0.2) is 35.9 Å². The van der Waals surface area contributed by atoms with E-state index in [1.807, 2.05) is 0 Å². The number of carboxylic acid groups (broad SMARTS) is 1. The number of alkyl halides is 3. The maximum atomic E-state index is 12.5. The number of aliphatic hydroxyl groups excluding tert-OH is 1. The zero-order valence-electron chi connectivity index (χ0n) is 13.1. The lowest BCUT2D eigenvalue weighted by Gasteiger charge is -2.17. The molecule has 0 aliphatic heterocycles. The zero-order valence-corrected chi connectivity index (χ0v) is 13.1. The van der Waals surface area contributed by atoms with Gasteiger partial charge in [0.2, 0.25) is 0 Å². The van der Waals surface area contributed by atoms with Gasteiger partial charge in [-0.2, -0.15) is 13.2 Å². The third-order valence-electron chi connectivity index (χ3n) is 3.18. The minimum absolute atomic E-state index is 0.0309. The van der Waals surface area contributed by atoms with Gasteiger partial charge < -0.3 is 15.5 Å². The van der Waals surface area contributed by atoms with Crippen LogP contribution in [0.1, 0.15) is 37.5 Å². The van der Waals surface area contributed by atoms with E-state index in [9.17, 15) is 27.9 Å². The highest BCUT2D eigenvalue weighted by atomic mass is 19.4. The minimum Gasteiger partial charge on any atom is -0.480 e. The molecule has 2 atom stereocenters. The largest absolute Gasteiger partial charge is 0.480 e. The Hall–Kier alpha value is -2.35. The normalized spacial score (nSPS) is 13.8. The number of amides is 1. The predicted octanol–water partition coefficient (Wildman–Crippen LogP) is 2.66. The molecule has 132 valence electrons. The van der Waals surface area contributed by atoms with Gasteiger partial charge in [-0.1, -0.05) is 23.8 Å². The van der Waals surface area contributed by atoms with Crippen molar-refractivity contribution in [2.24, 2.45) is 0 Å². The number of carbonyl (C=O) groups excluding carboxylic acids is 1. The Morgan fingerprint density at radius 3 is 2.17 bits per heavy atom. The molecule has 0 aliphatic carbocycles. The molecule has 0 heterocycles. The molecule has 24 heavy (non-hydrogen) atoms. The zero-order chi connectivity index (χ0) is 18.5. The standard InChI is InChI=1S/C16H18F3NO4/c1-9(2)3-8-12(15(23)24)20-14(22)13(21)10-4-6-11(7-5-10)16(17,18)19/h3-7,12-13,21H,8H2,1-2H3,(H,20,22)(H,23,24)/t12-,13+/m0/s1. The highest BCUT2D eigenvalue weighted by Crippen LogP contribution is 2.29. The molecule has 8 heteroatoms. The molecular weight excluding hydrogens is 327 g/mol. The van der Waals surface area contributed by atoms with Gasteiger partial charge in [0, 0.05) is 0 Å². The number of aliphatic hydroxyl groups is 1. The fraction of sp³-hybridized carbons (Fsp3) is 0.375. The van der Waals surface area contributed by atoms with E-state index in [-0.39, 0.29) is 12.0 Å². The number of aliphatic carboxylic acids is 1. The van der Waals surface area contributed by atoms with Crippen molar-refractivity contribution < 1.29 is 33.0 Å². The molecule has 0 bridgehead atoms. The monoisotopic (exact) mass is 345 g/mol. The quantitative estimate of drug-likeness (QED) is 0.692. The van der Waals surface area contributed by atoms with Crippen molar-refractivity contribution in [1.82, 2.24) is 5.32 Å². The summed E-state index contributed by atoms with van der Waals surface area (Å²) in [5, 5.41) is 21.1. The van der Waals surface area contributed by atoms with E-state index in [1.165, 1.54) is 0 Å². The molecule has 1 rings (SSSR count). The van der Waals surface area contributed by atoms with Gasteiger partial charge in [0.1, 0.15) is 6.04 Å². The summed E-state index contributed by atoms with van der Waals surface area (Å²) in [4.78, 5) is 23.0. The summed E-state index contributed by atoms with van der Waals surface area (Å²) in [5.74, 6) is -2.27. The molecule has 0 saturated heterocycles. The first-order valence-corrected chi connectivity index (χ1v) is 7.04. The Morgan fingerprint density at radius 2 is 1.75 bits per heavy atom. The predicted molar refractivity (Wildman–Crippen MR) is 80.0 cm³/mol. The fourth-order valence-electron chi connectivity index (χ4n) is 1.83. The average molecular weight is 345 g/mol. The maximum absolute atomic E-state index is 12.5. The number of rotatable bonds is 6. The summed E-state index contributed by atoms with van der Waals surface area (Å²) in [7, 11) is 0. The molecule has 0 aromatic heterocycles. The Balaban J connectivity index is 2.82. The number of hydrogen-bond acceptors (Lipinski definition) is 3. The molecule has 0 saturated carbocycles. The first kappa shape index (κ1) is 19.7. The van der Waals surface area contributed by atoms with Gasteiger partial charge in [-0.3, -0.25) is 4.79 Å². The van der Waals surface area contributed by atoms with Gasteiger partial charge >= 0.3 is 12.1 Å². The molecule has 0 fully saturated rings. The summed E-state index contributed by atoms with van der Waals surface area (Å²) < 4.78 is 37.4. The van der Waals surface area contributed by atoms with E-state index in [4.69, 9.17) is 5.11 Å². The van der Waals surface area contributed by atoms with Crippen molar-refractivity contribution >= 4 is 11.9 Å². The van der Waals surface area contributed by atoms with Crippen LogP contribution >= 0.6 is 0 Å². The first-order chi connectivity index (χ1) is 11.0. The SMILES string of the molecule is CC(C)=CC[C@H](NC(=O)[C@H](O)c1ccc(C(F)(F)F)cc1)C(=O)O. The molecule has 3 N–H and O–H groups in total. The number of nitrogens with one attached hydrogen (secondary N) is 1. The third-order valence-corrected chi connectivity index (χ3v) is 3.18. The molecule has 1 amide bonds. The number of halogens is 3. The molecule has 1 aromatic rings. The van der Waals surface area contributed by atoms with Crippen LogP contribution in [0.3, 0.4) is 0 Å². The van der Waals surface area contributed by atoms with Gasteiger partial charge in [0.05, 0.1) is 5.56 Å². The number of allylic oxidation sites excluding steroid dienone is 1. The van der Waals surface area contributed by atoms with Gasteiger partial charge in [-0.15, -0.1) is 0 Å². The minimum atomic E-state index is -4.52. The van der Waals surface area contributed by atoms with E-state index < -0.39 is 35.8 Å². The second-order valence-electron chi connectivity index (χ2n) is 5.44. The van der Waals surface area contributed by atoms with Crippen molar-refractivity contribution in [1.29, 1.82) is 0 Å². The Morgan fingerprint density at radius 1 is 1.21 bits per heavy atom. The van der Waals surface area contributed by atoms with Crippen molar-refractivity contribution in [3.05, 3.63) is 47.0 Å². The van der Waals surface area contributed by atoms with Crippen LogP contribution in [0, 0.1) is 0 Å². The average Bonchev–Trinajstić information content (AvgIpc) is 2.49. The van der Waals surface area contributed by atoms with E-state index in [0.29, 0.717) is 0 Å². The second kappa shape index (κ2) is 7.96. The van der Waals surface area contributed by atoms with Crippen LogP contribution in [0.4, 0.5) is 13.2 Å². The number of hydrogen-bond donors (Lipinski definition) is 3. The van der Waals surface area contributed by atoms with E-state index in [0.717, 1.165) is 29.8 Å². The Labute approximate surface area is 136 Å². The molecule has 5 nitrogen and oxygen atoms in total. The number of carboxylic acids is 1. The fourth-order valence-corrected chi connectivity index (χ4v) is 1.83. The van der Waals surface area contributed by atoms with Crippen molar-refractivity contribution in [2.45, 2.75) is 38.6 Å². The number of benzene rings is 1. The van der Waals surface area contributed by atoms with E-state index in [2.05, 4.69) is 5.32 Å². The highest BCUT2D eigenvalue weighted by molar-refractivity contribution is 5.87. The van der Waals surface area contributed by atoms with Gasteiger partial charge in [-0.25, -0.2) is 4.79 Å². The van der Waals surface area contributed by atoms with Crippen molar-refractivity contribution in [3.8, 4) is 0 Å². The summed E-state index contributed by atoms with van der Waals surface area (Å²) in [6, 6.07) is 2.18. The van der Waals surface area contributed by atoms with Crippen molar-refractivity contribution in [2.75, 3.05) is 0 Å². The van der Waals surface area contributed by atoms with Crippen molar-refractivity contribution in [3.63, 3.8) is 0 Å². The molecule has 1 aromatic carbocycles. The van der Waals surface area contributed by atoms with Crippen LogP contribution in [-0.2, 0) is 15.8 Å². The number of carbonyl (C=O) groups is 2. The van der Waals surface area contributed by atoms with Crippen LogP contribution < -0.4 is 5.32 Å². The molecule has 0 aliphatic rings. The summed E-state index contributed by atoms with van der Waals surface area (Å²) in [6.45, 7) is 3.52. The van der Waals surface area contributed by atoms with Gasteiger partial charge in [-0.05, 0) is 38.0 Å². The van der Waals surface area contributed by atoms with Crippen LogP contribution in [0.5, 0.6) is 0 Å².